The van der Waals surface area contributed by atoms with Crippen LogP contribution in [0.3, 0.4) is 0 Å². The van der Waals surface area contributed by atoms with Crippen molar-refractivity contribution >= 4 is 17.2 Å². The Hall–Kier alpha value is -1.94. The lowest BCUT2D eigenvalue weighted by Gasteiger charge is -2.11. The fraction of sp³-hybridized carbons (Fsp3) is 0.235. The van der Waals surface area contributed by atoms with Gasteiger partial charge in [-0.05, 0) is 37.0 Å². The van der Waals surface area contributed by atoms with Crippen LogP contribution < -0.4 is 10.5 Å². The topological polar surface area (TPSA) is 35.2 Å². The molecule has 0 unspecified atom stereocenters. The Morgan fingerprint density at radius 1 is 1.05 bits per heavy atom. The van der Waals surface area contributed by atoms with Crippen LogP contribution in [0.4, 0.5) is 4.39 Å². The fourth-order valence-electron chi connectivity index (χ4n) is 2.12. The average molecular weight is 303 g/mol. The lowest BCUT2D eigenvalue weighted by Crippen LogP contribution is -2.14. The fourth-order valence-corrected chi connectivity index (χ4v) is 2.32. The predicted octanol–water partition coefficient (Wildman–Crippen LogP) is 3.86. The molecule has 0 amide bonds. The molecule has 2 nitrogen and oxygen atoms in total. The Balaban J connectivity index is 1.81. The Morgan fingerprint density at radius 3 is 2.52 bits per heavy atom. The Bertz CT molecular complexity index is 601. The van der Waals surface area contributed by atoms with Crippen LogP contribution in [0.2, 0.25) is 0 Å². The minimum Gasteiger partial charge on any atom is -0.493 e. The predicted molar refractivity (Wildman–Crippen MR) is 87.2 cm³/mol. The summed E-state index contributed by atoms with van der Waals surface area (Å²) in [4.78, 5) is 0.0207. The van der Waals surface area contributed by atoms with Crippen molar-refractivity contribution in [1.82, 2.24) is 0 Å². The molecule has 0 aliphatic heterocycles. The van der Waals surface area contributed by atoms with Gasteiger partial charge >= 0.3 is 0 Å². The summed E-state index contributed by atoms with van der Waals surface area (Å²) in [6.07, 6.45) is 2.92. The van der Waals surface area contributed by atoms with Crippen LogP contribution in [0.5, 0.6) is 5.75 Å². The maximum atomic E-state index is 13.7. The van der Waals surface area contributed by atoms with Gasteiger partial charge in [0.25, 0.3) is 0 Å². The number of ether oxygens (including phenoxy) is 1. The lowest BCUT2D eigenvalue weighted by atomic mass is 10.1. The summed E-state index contributed by atoms with van der Waals surface area (Å²) in [5, 5.41) is 0. The van der Waals surface area contributed by atoms with Crippen LogP contribution in [0.15, 0.2) is 48.5 Å². The third-order valence-electron chi connectivity index (χ3n) is 3.18. The molecule has 0 heterocycles. The van der Waals surface area contributed by atoms with Crippen molar-refractivity contribution in [3.05, 3.63) is 65.5 Å². The highest BCUT2D eigenvalue weighted by atomic mass is 32.1. The number of nitrogens with two attached hydrogens (primary N) is 1. The zero-order valence-electron chi connectivity index (χ0n) is 11.7. The minimum absolute atomic E-state index is 0.0207. The van der Waals surface area contributed by atoms with Gasteiger partial charge in [-0.15, -0.1) is 0 Å². The van der Waals surface area contributed by atoms with Gasteiger partial charge in [-0.3, -0.25) is 0 Å². The number of thiocarbonyl (C=S) groups is 1. The van der Waals surface area contributed by atoms with E-state index in [-0.39, 0.29) is 10.6 Å². The molecule has 4 heteroatoms. The van der Waals surface area contributed by atoms with E-state index in [1.807, 2.05) is 18.2 Å². The van der Waals surface area contributed by atoms with Gasteiger partial charge in [-0.25, -0.2) is 4.39 Å². The highest BCUT2D eigenvalue weighted by Crippen LogP contribution is 2.21. The van der Waals surface area contributed by atoms with E-state index >= 15 is 0 Å². The Labute approximate surface area is 129 Å². The smallest absolute Gasteiger partial charge is 0.137 e. The molecular weight excluding hydrogens is 285 g/mol. The molecule has 2 rings (SSSR count). The summed E-state index contributed by atoms with van der Waals surface area (Å²) < 4.78 is 19.3. The summed E-state index contributed by atoms with van der Waals surface area (Å²) in [6.45, 7) is 0.520. The van der Waals surface area contributed by atoms with E-state index in [9.17, 15) is 4.39 Å². The van der Waals surface area contributed by atoms with E-state index in [0.29, 0.717) is 12.4 Å². The van der Waals surface area contributed by atoms with Gasteiger partial charge in [0.05, 0.1) is 12.2 Å². The number of halogens is 1. The molecule has 0 aliphatic carbocycles. The van der Waals surface area contributed by atoms with Crippen molar-refractivity contribution in [1.29, 1.82) is 0 Å². The summed E-state index contributed by atoms with van der Waals surface area (Å²) in [5.41, 5.74) is 7.04. The highest BCUT2D eigenvalue weighted by molar-refractivity contribution is 7.80. The SMILES string of the molecule is NC(=S)c1c(F)cccc1OCCCCc1ccccc1. The van der Waals surface area contributed by atoms with E-state index in [1.54, 1.807) is 12.1 Å². The van der Waals surface area contributed by atoms with Gasteiger partial charge in [0, 0.05) is 0 Å². The van der Waals surface area contributed by atoms with Gasteiger partial charge in [-0.2, -0.15) is 0 Å². The van der Waals surface area contributed by atoms with Crippen LogP contribution in [-0.4, -0.2) is 11.6 Å². The van der Waals surface area contributed by atoms with Crippen molar-refractivity contribution in [2.75, 3.05) is 6.61 Å². The molecule has 2 aromatic carbocycles. The van der Waals surface area contributed by atoms with E-state index in [0.717, 1.165) is 19.3 Å². The Morgan fingerprint density at radius 2 is 1.81 bits per heavy atom. The molecule has 0 bridgehead atoms. The molecular formula is C17H18FNOS. The van der Waals surface area contributed by atoms with Crippen LogP contribution in [0.25, 0.3) is 0 Å². The second-order valence-corrected chi connectivity index (χ2v) is 5.21. The van der Waals surface area contributed by atoms with Crippen LogP contribution >= 0.6 is 12.2 Å². The van der Waals surface area contributed by atoms with Crippen LogP contribution in [0.1, 0.15) is 24.0 Å². The zero-order valence-corrected chi connectivity index (χ0v) is 12.5. The molecule has 0 fully saturated rings. The number of hydrogen-bond acceptors (Lipinski definition) is 2. The molecule has 0 aromatic heterocycles. The van der Waals surface area contributed by atoms with Gasteiger partial charge < -0.3 is 10.5 Å². The van der Waals surface area contributed by atoms with Gasteiger partial charge in [0.15, 0.2) is 0 Å². The maximum Gasteiger partial charge on any atom is 0.137 e. The molecule has 2 N–H and O–H groups in total. The lowest BCUT2D eigenvalue weighted by molar-refractivity contribution is 0.305. The van der Waals surface area contributed by atoms with Crippen molar-refractivity contribution in [3.8, 4) is 5.75 Å². The second-order valence-electron chi connectivity index (χ2n) is 4.77. The molecule has 0 atom stereocenters. The molecule has 0 saturated heterocycles. The normalized spacial score (nSPS) is 10.3. The second kappa shape index (κ2) is 7.74. The molecule has 110 valence electrons. The third kappa shape index (κ3) is 4.53. The van der Waals surface area contributed by atoms with E-state index in [4.69, 9.17) is 22.7 Å². The van der Waals surface area contributed by atoms with Crippen LogP contribution in [0, 0.1) is 5.82 Å². The number of rotatable bonds is 7. The van der Waals surface area contributed by atoms with E-state index in [2.05, 4.69) is 12.1 Å². The van der Waals surface area contributed by atoms with Crippen molar-refractivity contribution in [2.45, 2.75) is 19.3 Å². The molecule has 0 aliphatic rings. The van der Waals surface area contributed by atoms with E-state index in [1.165, 1.54) is 11.6 Å². The van der Waals surface area contributed by atoms with Crippen LogP contribution in [-0.2, 0) is 6.42 Å². The number of benzene rings is 2. The Kier molecular flexibility index (Phi) is 5.69. The summed E-state index contributed by atoms with van der Waals surface area (Å²) >= 11 is 4.86. The largest absolute Gasteiger partial charge is 0.493 e. The number of hydrogen-bond donors (Lipinski definition) is 1. The highest BCUT2D eigenvalue weighted by Gasteiger charge is 2.11. The third-order valence-corrected chi connectivity index (χ3v) is 3.39. The average Bonchev–Trinajstić information content (AvgIpc) is 2.47. The molecule has 0 saturated carbocycles. The molecule has 0 spiro atoms. The van der Waals surface area contributed by atoms with E-state index < -0.39 is 5.82 Å². The first-order chi connectivity index (χ1) is 10.2. The number of unbranched alkanes of at least 4 members (excludes halogenated alkanes) is 1. The van der Waals surface area contributed by atoms with Gasteiger partial charge in [-0.1, -0.05) is 48.6 Å². The summed E-state index contributed by atoms with van der Waals surface area (Å²) in [7, 11) is 0. The molecule has 0 radical (unpaired) electrons. The molecule has 2 aromatic rings. The number of aryl methyl sites for hydroxylation is 1. The van der Waals surface area contributed by atoms with Crippen molar-refractivity contribution < 1.29 is 9.13 Å². The van der Waals surface area contributed by atoms with Crippen molar-refractivity contribution in [3.63, 3.8) is 0 Å². The zero-order chi connectivity index (χ0) is 15.1. The summed E-state index contributed by atoms with van der Waals surface area (Å²) in [5.74, 6) is -0.0218. The maximum absolute atomic E-state index is 13.7. The first-order valence-corrected chi connectivity index (χ1v) is 7.34. The first kappa shape index (κ1) is 15.4. The first-order valence-electron chi connectivity index (χ1n) is 6.93. The van der Waals surface area contributed by atoms with Crippen molar-refractivity contribution in [2.24, 2.45) is 5.73 Å². The monoisotopic (exact) mass is 303 g/mol. The van der Waals surface area contributed by atoms with Gasteiger partial charge in [0.2, 0.25) is 0 Å². The van der Waals surface area contributed by atoms with Gasteiger partial charge in [0.1, 0.15) is 16.6 Å². The standard InChI is InChI=1S/C17H18FNOS/c18-14-10-6-11-15(16(14)17(19)21)20-12-5-4-9-13-7-2-1-3-8-13/h1-3,6-8,10-11H,4-5,9,12H2,(H2,19,21). The molecule has 21 heavy (non-hydrogen) atoms. The summed E-state index contributed by atoms with van der Waals surface area (Å²) in [6, 6.07) is 14.9. The minimum atomic E-state index is -0.440. The quantitative estimate of drug-likeness (QED) is 0.623.